The molecule has 0 aliphatic heterocycles. The fourth-order valence-corrected chi connectivity index (χ4v) is 3.30. The van der Waals surface area contributed by atoms with Crippen LogP contribution >= 0.6 is 0 Å². The molecule has 0 radical (unpaired) electrons. The van der Waals surface area contributed by atoms with Gasteiger partial charge in [-0.15, -0.1) is 0 Å². The molecule has 0 saturated carbocycles. The Hall–Kier alpha value is -4.20. The van der Waals surface area contributed by atoms with E-state index in [1.54, 1.807) is 6.07 Å². The van der Waals surface area contributed by atoms with E-state index in [1.165, 1.54) is 36.4 Å². The molecule has 4 aromatic rings. The van der Waals surface area contributed by atoms with Crippen molar-refractivity contribution in [2.24, 2.45) is 0 Å². The third-order valence-corrected chi connectivity index (χ3v) is 4.65. The minimum absolute atomic E-state index is 0.0647. The molecular weight excluding hydrogens is 386 g/mol. The summed E-state index contributed by atoms with van der Waals surface area (Å²) < 4.78 is 5.84. The van der Waals surface area contributed by atoms with Gasteiger partial charge < -0.3 is 14.8 Å². The number of nitrogens with one attached hydrogen (secondary N) is 1. The number of carbonyl (C=O) groups excluding carboxylic acids is 1. The summed E-state index contributed by atoms with van der Waals surface area (Å²) in [4.78, 5) is 27.6. The van der Waals surface area contributed by atoms with E-state index in [2.05, 4.69) is 10.3 Å². The average molecular weight is 403 g/mol. The van der Waals surface area contributed by atoms with Crippen molar-refractivity contribution in [2.45, 2.75) is 13.8 Å². The normalized spacial score (nSPS) is 10.9. The largest absolute Gasteiger partial charge is 0.507 e. The Balaban J connectivity index is 1.70. The van der Waals surface area contributed by atoms with Gasteiger partial charge in [0, 0.05) is 11.8 Å². The van der Waals surface area contributed by atoms with Crippen molar-refractivity contribution in [1.82, 2.24) is 4.98 Å². The lowest BCUT2D eigenvalue weighted by atomic mass is 10.1. The number of anilines is 1. The number of phenols is 1. The lowest BCUT2D eigenvalue weighted by molar-refractivity contribution is -0.385. The Morgan fingerprint density at radius 1 is 1.13 bits per heavy atom. The van der Waals surface area contributed by atoms with E-state index >= 15 is 0 Å². The third kappa shape index (κ3) is 3.46. The molecule has 0 bridgehead atoms. The number of benzene rings is 3. The van der Waals surface area contributed by atoms with Crippen molar-refractivity contribution >= 4 is 28.4 Å². The van der Waals surface area contributed by atoms with E-state index in [9.17, 15) is 20.0 Å². The second-order valence-electron chi connectivity index (χ2n) is 6.91. The summed E-state index contributed by atoms with van der Waals surface area (Å²) in [6, 6.07) is 13.9. The van der Waals surface area contributed by atoms with Crippen LogP contribution in [0.15, 0.2) is 59.0 Å². The van der Waals surface area contributed by atoms with Crippen LogP contribution in [-0.4, -0.2) is 20.9 Å². The second-order valence-corrected chi connectivity index (χ2v) is 6.91. The number of oxazole rings is 1. The molecule has 0 aliphatic rings. The molecule has 0 unspecified atom stereocenters. The molecule has 0 atom stereocenters. The van der Waals surface area contributed by atoms with Crippen molar-refractivity contribution in [1.29, 1.82) is 0 Å². The second kappa shape index (κ2) is 7.32. The van der Waals surface area contributed by atoms with Crippen LogP contribution in [-0.2, 0) is 0 Å². The van der Waals surface area contributed by atoms with E-state index in [-0.39, 0.29) is 22.9 Å². The average Bonchev–Trinajstić information content (AvgIpc) is 3.13. The smallest absolute Gasteiger partial charge is 0.282 e. The van der Waals surface area contributed by atoms with Gasteiger partial charge in [-0.2, -0.15) is 0 Å². The maximum absolute atomic E-state index is 12.6. The molecule has 8 heteroatoms. The summed E-state index contributed by atoms with van der Waals surface area (Å²) in [7, 11) is 0. The first-order valence-electron chi connectivity index (χ1n) is 9.09. The van der Waals surface area contributed by atoms with Gasteiger partial charge in [-0.25, -0.2) is 4.98 Å². The predicted molar refractivity (Wildman–Crippen MR) is 112 cm³/mol. The summed E-state index contributed by atoms with van der Waals surface area (Å²) >= 11 is 0. The quantitative estimate of drug-likeness (QED) is 0.282. The zero-order valence-corrected chi connectivity index (χ0v) is 16.2. The van der Waals surface area contributed by atoms with Gasteiger partial charge in [-0.1, -0.05) is 18.2 Å². The number of aromatic nitrogens is 1. The van der Waals surface area contributed by atoms with Crippen LogP contribution in [0.5, 0.6) is 5.75 Å². The number of hydrogen-bond donors (Lipinski definition) is 2. The molecule has 2 N–H and O–H groups in total. The molecule has 30 heavy (non-hydrogen) atoms. The summed E-state index contributed by atoms with van der Waals surface area (Å²) in [6.45, 7) is 3.87. The van der Waals surface area contributed by atoms with Gasteiger partial charge in [0.2, 0.25) is 5.89 Å². The Labute approximate surface area is 170 Å². The third-order valence-electron chi connectivity index (χ3n) is 4.65. The number of nitro benzene ring substituents is 1. The molecule has 8 nitrogen and oxygen atoms in total. The molecule has 1 heterocycles. The fourth-order valence-electron chi connectivity index (χ4n) is 3.30. The van der Waals surface area contributed by atoms with E-state index in [0.29, 0.717) is 22.4 Å². The highest BCUT2D eigenvalue weighted by atomic mass is 16.6. The van der Waals surface area contributed by atoms with Crippen LogP contribution in [0, 0.1) is 24.0 Å². The lowest BCUT2D eigenvalue weighted by Crippen LogP contribution is -2.13. The van der Waals surface area contributed by atoms with Gasteiger partial charge in [0.05, 0.1) is 10.5 Å². The van der Waals surface area contributed by atoms with E-state index < -0.39 is 10.8 Å². The number of carbonyl (C=O) groups is 1. The number of para-hydroxylation sites is 1. The SMILES string of the molecule is Cc1cc(C)c2oc(-c3cc(NC(=O)c4ccccc4[N+](=O)[O-])ccc3O)nc2c1. The van der Waals surface area contributed by atoms with Crippen LogP contribution in [0.1, 0.15) is 21.5 Å². The number of phenolic OH excluding ortho intramolecular Hbond substituents is 1. The van der Waals surface area contributed by atoms with Crippen molar-refractivity contribution in [3.8, 4) is 17.2 Å². The molecule has 4 rings (SSSR count). The monoisotopic (exact) mass is 403 g/mol. The number of fused-ring (bicyclic) bond motifs is 1. The molecule has 150 valence electrons. The first-order valence-corrected chi connectivity index (χ1v) is 9.09. The summed E-state index contributed by atoms with van der Waals surface area (Å²) in [5.74, 6) is -0.499. The van der Waals surface area contributed by atoms with Crippen LogP contribution in [0.2, 0.25) is 0 Å². The Morgan fingerprint density at radius 3 is 2.67 bits per heavy atom. The highest BCUT2D eigenvalue weighted by Gasteiger charge is 2.20. The molecule has 1 aromatic heterocycles. The summed E-state index contributed by atoms with van der Waals surface area (Å²) in [5.41, 5.74) is 3.51. The van der Waals surface area contributed by atoms with E-state index in [1.807, 2.05) is 26.0 Å². The molecule has 3 aromatic carbocycles. The van der Waals surface area contributed by atoms with Gasteiger partial charge in [0.25, 0.3) is 11.6 Å². The number of aromatic hydroxyl groups is 1. The minimum atomic E-state index is -0.636. The van der Waals surface area contributed by atoms with Crippen molar-refractivity contribution in [3.63, 3.8) is 0 Å². The van der Waals surface area contributed by atoms with E-state index in [4.69, 9.17) is 4.42 Å². The number of nitrogens with zero attached hydrogens (tertiary/aromatic N) is 2. The number of aryl methyl sites for hydroxylation is 2. The van der Waals surface area contributed by atoms with Crippen molar-refractivity contribution in [2.75, 3.05) is 5.32 Å². The molecular formula is C22H17N3O5. The Bertz CT molecular complexity index is 1310. The summed E-state index contributed by atoms with van der Waals surface area (Å²) in [6.07, 6.45) is 0. The maximum Gasteiger partial charge on any atom is 0.282 e. The maximum atomic E-state index is 12.6. The van der Waals surface area contributed by atoms with Crippen LogP contribution in [0.25, 0.3) is 22.6 Å². The summed E-state index contributed by atoms with van der Waals surface area (Å²) in [5, 5.41) is 24.1. The van der Waals surface area contributed by atoms with Gasteiger partial charge in [0.15, 0.2) is 5.58 Å². The molecule has 0 fully saturated rings. The minimum Gasteiger partial charge on any atom is -0.507 e. The lowest BCUT2D eigenvalue weighted by Gasteiger charge is -2.08. The van der Waals surface area contributed by atoms with E-state index in [0.717, 1.165) is 11.1 Å². The van der Waals surface area contributed by atoms with Crippen molar-refractivity contribution < 1.29 is 19.2 Å². The Kier molecular flexibility index (Phi) is 4.67. The standard InChI is InChI=1S/C22H17N3O5/c1-12-9-13(2)20-17(10-12)24-22(30-20)16-11-14(7-8-19(16)26)23-21(27)15-5-3-4-6-18(15)25(28)29/h3-11,26H,1-2H3,(H,23,27). The number of amides is 1. The van der Waals surface area contributed by atoms with Gasteiger partial charge in [-0.05, 0) is 55.3 Å². The molecule has 0 spiro atoms. The van der Waals surface area contributed by atoms with Gasteiger partial charge in [0.1, 0.15) is 16.8 Å². The molecule has 0 aliphatic carbocycles. The number of nitro groups is 1. The predicted octanol–water partition coefficient (Wildman–Crippen LogP) is 4.98. The van der Waals surface area contributed by atoms with Gasteiger partial charge >= 0.3 is 0 Å². The number of hydrogen-bond acceptors (Lipinski definition) is 6. The van der Waals surface area contributed by atoms with Crippen LogP contribution in [0.4, 0.5) is 11.4 Å². The zero-order valence-electron chi connectivity index (χ0n) is 16.2. The molecule has 0 saturated heterocycles. The van der Waals surface area contributed by atoms with Crippen LogP contribution in [0.3, 0.4) is 0 Å². The first kappa shape index (κ1) is 19.1. The topological polar surface area (TPSA) is 118 Å². The van der Waals surface area contributed by atoms with Crippen LogP contribution < -0.4 is 5.32 Å². The van der Waals surface area contributed by atoms with Crippen molar-refractivity contribution in [3.05, 3.63) is 81.4 Å². The molecule has 1 amide bonds. The fraction of sp³-hybridized carbons (Fsp3) is 0.0909. The highest BCUT2D eigenvalue weighted by molar-refractivity contribution is 6.07. The first-order chi connectivity index (χ1) is 14.3. The Morgan fingerprint density at radius 2 is 1.90 bits per heavy atom. The highest BCUT2D eigenvalue weighted by Crippen LogP contribution is 2.34. The zero-order chi connectivity index (χ0) is 21.4. The number of rotatable bonds is 4. The van der Waals surface area contributed by atoms with Gasteiger partial charge in [-0.3, -0.25) is 14.9 Å².